The number of hydrogen-bond donors (Lipinski definition) is 1. The summed E-state index contributed by atoms with van der Waals surface area (Å²) in [6.45, 7) is 3.79. The average molecular weight is 206 g/mol. The van der Waals surface area contributed by atoms with Gasteiger partial charge in [-0.05, 0) is 17.5 Å². The molecule has 0 bridgehead atoms. The molecule has 15 heavy (non-hydrogen) atoms. The highest BCUT2D eigenvalue weighted by Crippen LogP contribution is 2.03. The normalized spacial score (nSPS) is 12.1. The van der Waals surface area contributed by atoms with Gasteiger partial charge in [-0.25, -0.2) is 0 Å². The van der Waals surface area contributed by atoms with Gasteiger partial charge in [0.2, 0.25) is 5.91 Å². The first-order valence-corrected chi connectivity index (χ1v) is 4.83. The van der Waals surface area contributed by atoms with E-state index in [2.05, 4.69) is 11.4 Å². The Hall–Kier alpha value is -1.76. The lowest BCUT2D eigenvalue weighted by molar-refractivity contribution is -0.121. The van der Waals surface area contributed by atoms with Gasteiger partial charge in [-0.3, -0.25) is 4.79 Å². The quantitative estimate of drug-likeness (QED) is 0.811. The average Bonchev–Trinajstić information content (AvgIpc) is 2.66. The number of rotatable bonds is 4. The van der Waals surface area contributed by atoms with E-state index in [-0.39, 0.29) is 18.2 Å². The van der Waals surface area contributed by atoms with Gasteiger partial charge < -0.3 is 9.73 Å². The predicted molar refractivity (Wildman–Crippen MR) is 54.8 cm³/mol. The van der Waals surface area contributed by atoms with Crippen molar-refractivity contribution in [2.45, 2.75) is 26.3 Å². The van der Waals surface area contributed by atoms with Crippen molar-refractivity contribution in [3.05, 3.63) is 24.2 Å². The van der Waals surface area contributed by atoms with Crippen LogP contribution >= 0.6 is 0 Å². The minimum absolute atomic E-state index is 0.114. The van der Waals surface area contributed by atoms with Crippen molar-refractivity contribution in [1.29, 1.82) is 5.26 Å². The van der Waals surface area contributed by atoms with Crippen molar-refractivity contribution < 1.29 is 9.21 Å². The van der Waals surface area contributed by atoms with Gasteiger partial charge in [-0.2, -0.15) is 5.26 Å². The largest absolute Gasteiger partial charge is 0.472 e. The molecule has 1 rings (SSSR count). The van der Waals surface area contributed by atoms with E-state index in [0.29, 0.717) is 0 Å². The summed E-state index contributed by atoms with van der Waals surface area (Å²) in [7, 11) is 0. The first kappa shape index (κ1) is 11.3. The van der Waals surface area contributed by atoms with E-state index >= 15 is 0 Å². The van der Waals surface area contributed by atoms with E-state index in [9.17, 15) is 4.79 Å². The molecule has 4 nitrogen and oxygen atoms in total. The first-order chi connectivity index (χ1) is 7.13. The highest BCUT2D eigenvalue weighted by Gasteiger charge is 2.15. The number of nitrogens with one attached hydrogen (secondary N) is 1. The van der Waals surface area contributed by atoms with Gasteiger partial charge in [0, 0.05) is 0 Å². The second-order valence-electron chi connectivity index (χ2n) is 3.73. The number of carbonyl (C=O) groups is 1. The van der Waals surface area contributed by atoms with Gasteiger partial charge in [0.25, 0.3) is 0 Å². The zero-order chi connectivity index (χ0) is 11.3. The molecule has 80 valence electrons. The maximum Gasteiger partial charge on any atom is 0.225 e. The molecule has 4 heteroatoms. The predicted octanol–water partition coefficient (Wildman–Crippen LogP) is 1.49. The van der Waals surface area contributed by atoms with Crippen LogP contribution in [0.3, 0.4) is 0 Å². The number of nitrogens with zero attached hydrogens (tertiary/aromatic N) is 1. The lowest BCUT2D eigenvalue weighted by Crippen LogP contribution is -2.38. The topological polar surface area (TPSA) is 66.0 Å². The van der Waals surface area contributed by atoms with Crippen LogP contribution in [0, 0.1) is 17.2 Å². The van der Waals surface area contributed by atoms with Gasteiger partial charge in [0.15, 0.2) is 0 Å². The van der Waals surface area contributed by atoms with E-state index in [1.807, 2.05) is 13.8 Å². The number of hydrogen-bond acceptors (Lipinski definition) is 3. The van der Waals surface area contributed by atoms with Crippen LogP contribution < -0.4 is 5.32 Å². The van der Waals surface area contributed by atoms with Crippen molar-refractivity contribution in [2.24, 2.45) is 5.92 Å². The molecule has 0 saturated heterocycles. The third kappa shape index (κ3) is 3.47. The maximum atomic E-state index is 11.5. The fourth-order valence-corrected chi connectivity index (χ4v) is 1.15. The van der Waals surface area contributed by atoms with Gasteiger partial charge >= 0.3 is 0 Å². The summed E-state index contributed by atoms with van der Waals surface area (Å²) >= 11 is 0. The Kier molecular flexibility index (Phi) is 3.92. The number of furan rings is 1. The maximum absolute atomic E-state index is 11.5. The van der Waals surface area contributed by atoms with Crippen LogP contribution in [-0.2, 0) is 11.2 Å². The molecule has 1 atom stereocenters. The molecule has 0 fully saturated rings. The molecule has 0 unspecified atom stereocenters. The van der Waals surface area contributed by atoms with Gasteiger partial charge in [-0.1, -0.05) is 13.8 Å². The SMILES string of the molecule is CC(C)[C@H](C#N)NC(=O)Cc1ccoc1. The highest BCUT2D eigenvalue weighted by molar-refractivity contribution is 5.79. The van der Waals surface area contributed by atoms with Gasteiger partial charge in [0.1, 0.15) is 6.04 Å². The van der Waals surface area contributed by atoms with Crippen LogP contribution in [0.4, 0.5) is 0 Å². The minimum Gasteiger partial charge on any atom is -0.472 e. The summed E-state index contributed by atoms with van der Waals surface area (Å²) in [5.41, 5.74) is 0.813. The summed E-state index contributed by atoms with van der Waals surface area (Å²) in [6, 6.07) is 3.36. The second-order valence-corrected chi connectivity index (χ2v) is 3.73. The van der Waals surface area contributed by atoms with Crippen molar-refractivity contribution in [2.75, 3.05) is 0 Å². The van der Waals surface area contributed by atoms with Crippen LogP contribution in [0.25, 0.3) is 0 Å². The third-order valence-electron chi connectivity index (χ3n) is 2.07. The Morgan fingerprint density at radius 2 is 2.40 bits per heavy atom. The second kappa shape index (κ2) is 5.20. The summed E-state index contributed by atoms with van der Waals surface area (Å²) in [5, 5.41) is 11.5. The Bertz CT molecular complexity index is 349. The molecule has 0 aliphatic carbocycles. The first-order valence-electron chi connectivity index (χ1n) is 4.83. The molecular weight excluding hydrogens is 192 g/mol. The molecule has 0 radical (unpaired) electrons. The summed E-state index contributed by atoms with van der Waals surface area (Å²) in [4.78, 5) is 11.5. The minimum atomic E-state index is -0.426. The molecular formula is C11H14N2O2. The van der Waals surface area contributed by atoms with Crippen molar-refractivity contribution in [3.63, 3.8) is 0 Å². The molecule has 1 aromatic rings. The number of carbonyl (C=O) groups excluding carboxylic acids is 1. The molecule has 0 spiro atoms. The molecule has 0 aromatic carbocycles. The van der Waals surface area contributed by atoms with Crippen LogP contribution in [0.2, 0.25) is 0 Å². The van der Waals surface area contributed by atoms with Gasteiger partial charge in [-0.15, -0.1) is 0 Å². The lowest BCUT2D eigenvalue weighted by atomic mass is 10.1. The summed E-state index contributed by atoms with van der Waals surface area (Å²) in [6.07, 6.45) is 3.30. The van der Waals surface area contributed by atoms with E-state index < -0.39 is 6.04 Å². The molecule has 1 aromatic heterocycles. The zero-order valence-corrected chi connectivity index (χ0v) is 8.86. The Morgan fingerprint density at radius 3 is 2.87 bits per heavy atom. The van der Waals surface area contributed by atoms with Crippen LogP contribution in [0.15, 0.2) is 23.0 Å². The molecule has 1 amide bonds. The van der Waals surface area contributed by atoms with E-state index in [0.717, 1.165) is 5.56 Å². The van der Waals surface area contributed by atoms with Crippen LogP contribution in [0.1, 0.15) is 19.4 Å². The lowest BCUT2D eigenvalue weighted by Gasteiger charge is -2.14. The Balaban J connectivity index is 2.46. The third-order valence-corrected chi connectivity index (χ3v) is 2.07. The van der Waals surface area contributed by atoms with E-state index in [1.54, 1.807) is 6.07 Å². The van der Waals surface area contributed by atoms with Crippen molar-refractivity contribution in [1.82, 2.24) is 5.32 Å². The highest BCUT2D eigenvalue weighted by atomic mass is 16.3. The monoisotopic (exact) mass is 206 g/mol. The Labute approximate surface area is 88.9 Å². The van der Waals surface area contributed by atoms with Gasteiger partial charge in [0.05, 0.1) is 25.0 Å². The zero-order valence-electron chi connectivity index (χ0n) is 8.86. The van der Waals surface area contributed by atoms with Crippen molar-refractivity contribution in [3.8, 4) is 6.07 Å². The fourth-order valence-electron chi connectivity index (χ4n) is 1.15. The number of nitriles is 1. The standard InChI is InChI=1S/C11H14N2O2/c1-8(2)10(6-12)13-11(14)5-9-3-4-15-7-9/h3-4,7-8,10H,5H2,1-2H3,(H,13,14)/t10-/m0/s1. The molecule has 0 saturated carbocycles. The molecule has 0 aliphatic heterocycles. The van der Waals surface area contributed by atoms with Crippen LogP contribution in [0.5, 0.6) is 0 Å². The smallest absolute Gasteiger partial charge is 0.225 e. The molecule has 1 heterocycles. The van der Waals surface area contributed by atoms with E-state index in [4.69, 9.17) is 9.68 Å². The molecule has 0 aliphatic rings. The van der Waals surface area contributed by atoms with Crippen molar-refractivity contribution >= 4 is 5.91 Å². The molecule has 1 N–H and O–H groups in total. The Morgan fingerprint density at radius 1 is 1.67 bits per heavy atom. The fraction of sp³-hybridized carbons (Fsp3) is 0.455. The summed E-state index contributed by atoms with van der Waals surface area (Å²) in [5.74, 6) is -0.0417. The van der Waals surface area contributed by atoms with E-state index in [1.165, 1.54) is 12.5 Å². The van der Waals surface area contributed by atoms with Crippen LogP contribution in [-0.4, -0.2) is 11.9 Å². The summed E-state index contributed by atoms with van der Waals surface area (Å²) < 4.78 is 4.85. The number of amides is 1.